The van der Waals surface area contributed by atoms with Crippen LogP contribution < -0.4 is 0 Å². The number of rotatable bonds is 0. The molecule has 2 bridgehead atoms. The molecular weight excluding hydrogens is 194 g/mol. The van der Waals surface area contributed by atoms with Crippen molar-refractivity contribution in [2.24, 2.45) is 0 Å². The Hall–Kier alpha value is 0.860. The van der Waals surface area contributed by atoms with Gasteiger partial charge in [0.15, 0.2) is 0 Å². The highest BCUT2D eigenvalue weighted by Gasteiger charge is 2.24. The van der Waals surface area contributed by atoms with Crippen molar-refractivity contribution in [3.63, 3.8) is 0 Å². The first-order valence-electron chi connectivity index (χ1n) is 6.12. The van der Waals surface area contributed by atoms with Crippen molar-refractivity contribution in [3.05, 3.63) is 0 Å². The van der Waals surface area contributed by atoms with E-state index in [2.05, 4.69) is 0 Å². The van der Waals surface area contributed by atoms with Crippen molar-refractivity contribution in [3.8, 4) is 0 Å². The van der Waals surface area contributed by atoms with Gasteiger partial charge in [-0.2, -0.15) is 0 Å². The topological polar surface area (TPSA) is 0 Å². The van der Waals surface area contributed by atoms with Crippen molar-refractivity contribution >= 4 is 15.8 Å². The van der Waals surface area contributed by atoms with Crippen LogP contribution in [0, 0.1) is 0 Å². The summed E-state index contributed by atoms with van der Waals surface area (Å²) >= 11 is 0. The first kappa shape index (κ1) is 10.4. The summed E-state index contributed by atoms with van der Waals surface area (Å²) in [6.07, 6.45) is 18.1. The lowest BCUT2D eigenvalue weighted by Gasteiger charge is -2.09. The second kappa shape index (κ2) is 5.67. The normalized spacial score (nSPS) is 36.9. The van der Waals surface area contributed by atoms with Crippen LogP contribution >= 0.6 is 15.8 Å². The second-order valence-corrected chi connectivity index (χ2v) is 10.8. The Kier molecular flexibility index (Phi) is 4.53. The Balaban J connectivity index is 1.95. The zero-order valence-electron chi connectivity index (χ0n) is 8.78. The molecule has 0 unspecified atom stereocenters. The van der Waals surface area contributed by atoms with E-state index in [1.165, 1.54) is 0 Å². The molecule has 2 aliphatic rings. The van der Waals surface area contributed by atoms with Gasteiger partial charge in [0.1, 0.15) is 0 Å². The Bertz CT molecular complexity index is 119. The molecule has 0 radical (unpaired) electrons. The van der Waals surface area contributed by atoms with Gasteiger partial charge >= 0.3 is 0 Å². The van der Waals surface area contributed by atoms with Crippen LogP contribution in [0.4, 0.5) is 0 Å². The summed E-state index contributed by atoms with van der Waals surface area (Å²) in [5, 5.41) is 0. The summed E-state index contributed by atoms with van der Waals surface area (Å²) in [4.78, 5) is 0. The molecule has 2 rings (SSSR count). The van der Waals surface area contributed by atoms with Gasteiger partial charge in [-0.1, -0.05) is 0 Å². The van der Waals surface area contributed by atoms with Crippen LogP contribution in [0.25, 0.3) is 0 Å². The number of hydrogen-bond donors (Lipinski definition) is 0. The van der Waals surface area contributed by atoms with Gasteiger partial charge in [-0.15, -0.1) is 0 Å². The highest BCUT2D eigenvalue weighted by molar-refractivity contribution is 7.59. The molecule has 2 saturated heterocycles. The molecule has 0 spiro atoms. The van der Waals surface area contributed by atoms with Gasteiger partial charge in [0.2, 0.25) is 0 Å². The van der Waals surface area contributed by atoms with Gasteiger partial charge in [-0.25, -0.2) is 0 Å². The lowest BCUT2D eigenvalue weighted by atomic mass is 10.4. The van der Waals surface area contributed by atoms with Crippen LogP contribution in [0.2, 0.25) is 0 Å². The Morgan fingerprint density at radius 1 is 0.385 bits per heavy atom. The van der Waals surface area contributed by atoms with E-state index in [0.717, 1.165) is 0 Å². The molecule has 0 aliphatic carbocycles. The third kappa shape index (κ3) is 3.49. The summed E-state index contributed by atoms with van der Waals surface area (Å²) in [6, 6.07) is 0. The van der Waals surface area contributed by atoms with Gasteiger partial charge in [0, 0.05) is 22.3 Å². The molecule has 2 fully saturated rings. The van der Waals surface area contributed by atoms with Gasteiger partial charge < -0.3 is 0 Å². The van der Waals surface area contributed by atoms with Crippen molar-refractivity contribution in [2.45, 2.75) is 32.1 Å². The van der Waals surface area contributed by atoms with Crippen LogP contribution in [0.15, 0.2) is 0 Å². The maximum atomic E-state index is 1.68. The molecule has 0 aromatic carbocycles. The second-order valence-electron chi connectivity index (χ2n) is 4.77. The summed E-state index contributed by atoms with van der Waals surface area (Å²) in [5.74, 6) is 0. The maximum Gasteiger partial charge on any atom is 0.0606 e. The van der Waals surface area contributed by atoms with Gasteiger partial charge in [0.25, 0.3) is 0 Å². The first-order chi connectivity index (χ1) is 6.45. The lowest BCUT2D eigenvalue weighted by Crippen LogP contribution is -1.97. The Labute approximate surface area is 85.4 Å². The van der Waals surface area contributed by atoms with E-state index in [1.807, 2.05) is 0 Å². The van der Waals surface area contributed by atoms with Crippen LogP contribution in [-0.2, 0) is 0 Å². The zero-order valence-corrected chi connectivity index (χ0v) is 10.8. The molecule has 0 nitrogen and oxygen atoms in total. The first-order valence-corrected chi connectivity index (χ1v) is 10.4. The van der Waals surface area contributed by atoms with Crippen molar-refractivity contribution in [2.75, 3.05) is 37.0 Å². The molecule has 0 amide bonds. The van der Waals surface area contributed by atoms with E-state index in [9.17, 15) is 0 Å². The van der Waals surface area contributed by atoms with E-state index in [1.54, 1.807) is 69.1 Å². The molecule has 0 saturated carbocycles. The quantitative estimate of drug-likeness (QED) is 0.547. The molecule has 0 aromatic rings. The average Bonchev–Trinajstić information content (AvgIpc) is 2.33. The third-order valence-corrected chi connectivity index (χ3v) is 10.0. The molecule has 0 atom stereocenters. The van der Waals surface area contributed by atoms with Crippen molar-refractivity contribution in [1.29, 1.82) is 0 Å². The van der Waals surface area contributed by atoms with Gasteiger partial charge in [-0.3, -0.25) is 0 Å². The minimum absolute atomic E-state index is 0.150. The zero-order chi connectivity index (χ0) is 8.93. The molecule has 0 N–H and O–H groups in total. The fraction of sp³-hybridized carbons (Fsp3) is 1.00. The fourth-order valence-electron chi connectivity index (χ4n) is 2.84. The highest BCUT2D eigenvalue weighted by Crippen LogP contribution is 2.47. The molecule has 76 valence electrons. The summed E-state index contributed by atoms with van der Waals surface area (Å²) in [6.45, 7) is 0. The van der Waals surface area contributed by atoms with Crippen LogP contribution in [0.5, 0.6) is 0 Å². The van der Waals surface area contributed by atoms with Crippen molar-refractivity contribution in [1.82, 2.24) is 0 Å². The largest absolute Gasteiger partial charge is 0.0606 e. The van der Waals surface area contributed by atoms with E-state index in [4.69, 9.17) is 0 Å². The minimum atomic E-state index is 0.150. The molecule has 2 heteroatoms. The summed E-state index contributed by atoms with van der Waals surface area (Å²) < 4.78 is 0. The predicted molar refractivity (Wildman–Crippen MR) is 68.9 cm³/mol. The Morgan fingerprint density at radius 2 is 0.692 bits per heavy atom. The lowest BCUT2D eigenvalue weighted by molar-refractivity contribution is 0.854. The number of fused-ring (bicyclic) bond motifs is 4. The summed E-state index contributed by atoms with van der Waals surface area (Å²) in [7, 11) is 0.301. The SMILES string of the molecule is C1CC[PH+]2CCCC[PH+](C1)CCC2. The van der Waals surface area contributed by atoms with Gasteiger partial charge in [-0.05, 0) is 25.7 Å². The standard InChI is InChI=1S/C11H22P2/c1-2-7-13-9-4-3-8-12(6-1)10-5-11-13/h1-11H2/p+2. The monoisotopic (exact) mass is 218 g/mol. The minimum Gasteiger partial charge on any atom is -0.0160 e. The summed E-state index contributed by atoms with van der Waals surface area (Å²) in [5.41, 5.74) is 0. The van der Waals surface area contributed by atoms with Gasteiger partial charge in [0.05, 0.1) is 37.0 Å². The Morgan fingerprint density at radius 3 is 1.08 bits per heavy atom. The maximum absolute atomic E-state index is 1.68. The third-order valence-electron chi connectivity index (χ3n) is 3.68. The molecule has 0 aromatic heterocycles. The van der Waals surface area contributed by atoms with Crippen molar-refractivity contribution < 1.29 is 0 Å². The fourth-order valence-corrected chi connectivity index (χ4v) is 9.05. The van der Waals surface area contributed by atoms with E-state index >= 15 is 0 Å². The molecular formula is C11H24P2+2. The van der Waals surface area contributed by atoms with E-state index < -0.39 is 0 Å². The van der Waals surface area contributed by atoms with Crippen LogP contribution in [-0.4, -0.2) is 37.0 Å². The molecule has 2 aliphatic heterocycles. The highest BCUT2D eigenvalue weighted by atomic mass is 31.1. The van der Waals surface area contributed by atoms with E-state index in [-0.39, 0.29) is 15.8 Å². The predicted octanol–water partition coefficient (Wildman–Crippen LogP) is 3.39. The number of hydrogen-bond acceptors (Lipinski definition) is 0. The average molecular weight is 218 g/mol. The van der Waals surface area contributed by atoms with Crippen LogP contribution in [0.1, 0.15) is 32.1 Å². The van der Waals surface area contributed by atoms with Crippen LogP contribution in [0.3, 0.4) is 0 Å². The molecule has 2 heterocycles. The van der Waals surface area contributed by atoms with E-state index in [0.29, 0.717) is 0 Å². The smallest absolute Gasteiger partial charge is 0.0160 e. The molecule has 13 heavy (non-hydrogen) atoms.